The van der Waals surface area contributed by atoms with E-state index in [-0.39, 0.29) is 11.8 Å². The Morgan fingerprint density at radius 3 is 2.19 bits per heavy atom. The van der Waals surface area contributed by atoms with E-state index in [4.69, 9.17) is 18.9 Å². The van der Waals surface area contributed by atoms with Crippen LogP contribution < -0.4 is 4.74 Å². The van der Waals surface area contributed by atoms with Crippen LogP contribution in [0, 0.1) is 18.3 Å². The summed E-state index contributed by atoms with van der Waals surface area (Å²) in [6.07, 6.45) is -0.925. The van der Waals surface area contributed by atoms with Crippen molar-refractivity contribution in [2.24, 2.45) is 11.3 Å². The molecule has 0 spiro atoms. The summed E-state index contributed by atoms with van der Waals surface area (Å²) in [4.78, 5) is 38.6. The molecule has 0 heterocycles. The number of esters is 3. The molecular formula is C28H40O7Si. The second-order valence-electron chi connectivity index (χ2n) is 11.4. The molecule has 5 atom stereocenters. The SMILES string of the molecule is COc1cc(C)cc(C2CC3C(OC(C)=O)C(C)=C(C)C2(C(=O)OCC[Si](C)(C)C)C3OC(C)=O)c1. The highest BCUT2D eigenvalue weighted by molar-refractivity contribution is 6.76. The van der Waals surface area contributed by atoms with Gasteiger partial charge in [0.15, 0.2) is 0 Å². The van der Waals surface area contributed by atoms with E-state index in [2.05, 4.69) is 19.6 Å². The molecule has 1 saturated carbocycles. The smallest absolute Gasteiger partial charge is 0.320 e. The molecule has 1 fully saturated rings. The van der Waals surface area contributed by atoms with Gasteiger partial charge in [0.25, 0.3) is 0 Å². The number of carbonyl (C=O) groups excluding carboxylic acids is 3. The predicted molar refractivity (Wildman–Crippen MR) is 140 cm³/mol. The monoisotopic (exact) mass is 516 g/mol. The Morgan fingerprint density at radius 1 is 1.00 bits per heavy atom. The van der Waals surface area contributed by atoms with Gasteiger partial charge in [-0.1, -0.05) is 25.7 Å². The van der Waals surface area contributed by atoms with E-state index in [1.165, 1.54) is 13.8 Å². The minimum Gasteiger partial charge on any atom is -0.497 e. The van der Waals surface area contributed by atoms with Crippen LogP contribution in [0.4, 0.5) is 0 Å². The van der Waals surface area contributed by atoms with E-state index in [0.29, 0.717) is 18.8 Å². The molecule has 2 aliphatic carbocycles. The summed E-state index contributed by atoms with van der Waals surface area (Å²) in [5, 5.41) is 0. The lowest BCUT2D eigenvalue weighted by atomic mass is 9.64. The molecule has 198 valence electrons. The van der Waals surface area contributed by atoms with E-state index in [9.17, 15) is 14.4 Å². The topological polar surface area (TPSA) is 88.1 Å². The molecule has 0 radical (unpaired) electrons. The van der Waals surface area contributed by atoms with Gasteiger partial charge in [-0.3, -0.25) is 14.4 Å². The Kier molecular flexibility index (Phi) is 8.08. The maximum absolute atomic E-state index is 14.2. The quantitative estimate of drug-likeness (QED) is 0.203. The third kappa shape index (κ3) is 5.24. The Morgan fingerprint density at radius 2 is 1.64 bits per heavy atom. The Bertz CT molecular complexity index is 1070. The second kappa shape index (κ2) is 10.4. The first-order chi connectivity index (χ1) is 16.7. The average Bonchev–Trinajstić information content (AvgIpc) is 3.05. The fourth-order valence-corrected chi connectivity index (χ4v) is 6.64. The van der Waals surface area contributed by atoms with E-state index in [1.807, 2.05) is 39.0 Å². The van der Waals surface area contributed by atoms with Gasteiger partial charge < -0.3 is 18.9 Å². The molecule has 0 amide bonds. The van der Waals surface area contributed by atoms with Crippen molar-refractivity contribution in [2.75, 3.05) is 13.7 Å². The summed E-state index contributed by atoms with van der Waals surface area (Å²) in [6.45, 7) is 15.5. The number of hydrogen-bond donors (Lipinski definition) is 0. The lowest BCUT2D eigenvalue weighted by molar-refractivity contribution is -0.174. The van der Waals surface area contributed by atoms with Crippen LogP contribution in [0.5, 0.6) is 5.75 Å². The minimum atomic E-state index is -1.45. The number of methoxy groups -OCH3 is 1. The zero-order chi connectivity index (χ0) is 27.0. The molecule has 3 rings (SSSR count). The summed E-state index contributed by atoms with van der Waals surface area (Å²) in [5.41, 5.74) is 2.21. The van der Waals surface area contributed by atoms with Crippen molar-refractivity contribution >= 4 is 26.0 Å². The molecule has 2 aliphatic rings. The summed E-state index contributed by atoms with van der Waals surface area (Å²) in [7, 11) is 0.161. The molecule has 36 heavy (non-hydrogen) atoms. The third-order valence-corrected chi connectivity index (χ3v) is 9.35. The maximum atomic E-state index is 14.2. The van der Waals surface area contributed by atoms with Gasteiger partial charge in [-0.05, 0) is 67.6 Å². The first-order valence-corrected chi connectivity index (χ1v) is 16.3. The van der Waals surface area contributed by atoms with Crippen molar-refractivity contribution < 1.29 is 33.3 Å². The lowest BCUT2D eigenvalue weighted by Crippen LogP contribution is -2.53. The second-order valence-corrected chi connectivity index (χ2v) is 17.0. The predicted octanol–water partition coefficient (Wildman–Crippen LogP) is 5.19. The van der Waals surface area contributed by atoms with Crippen LogP contribution in [0.15, 0.2) is 29.3 Å². The Labute approximate surface area is 215 Å². The van der Waals surface area contributed by atoms with Gasteiger partial charge in [0, 0.05) is 33.8 Å². The van der Waals surface area contributed by atoms with Gasteiger partial charge in [0.1, 0.15) is 23.4 Å². The van der Waals surface area contributed by atoms with Gasteiger partial charge in [-0.25, -0.2) is 0 Å². The Hall–Kier alpha value is -2.61. The van der Waals surface area contributed by atoms with Gasteiger partial charge in [0.05, 0.1) is 13.7 Å². The van der Waals surface area contributed by atoms with Crippen molar-refractivity contribution in [3.8, 4) is 5.75 Å². The standard InChI is InChI=1S/C28H40O7Si/c1-16-12-21(14-22(13-16)32-6)24-15-23-25(34-19(4)29)17(2)18(3)28(24,26(23)35-20(5)30)27(31)33-10-11-36(7,8)9/h12-14,23-26H,10-11,15H2,1-9H3. The zero-order valence-corrected chi connectivity index (χ0v) is 24.0. The number of rotatable bonds is 8. The van der Waals surface area contributed by atoms with Crippen molar-refractivity contribution in [1.82, 2.24) is 0 Å². The minimum absolute atomic E-state index is 0.317. The van der Waals surface area contributed by atoms with Crippen LogP contribution in [0.25, 0.3) is 0 Å². The van der Waals surface area contributed by atoms with Crippen LogP contribution >= 0.6 is 0 Å². The van der Waals surface area contributed by atoms with Crippen molar-refractivity contribution in [2.45, 2.75) is 84.9 Å². The molecule has 1 aromatic rings. The van der Waals surface area contributed by atoms with E-state index in [1.54, 1.807) is 7.11 Å². The normalized spacial score (nSPS) is 27.5. The van der Waals surface area contributed by atoms with Gasteiger partial charge in [0.2, 0.25) is 0 Å². The molecule has 0 saturated heterocycles. The third-order valence-electron chi connectivity index (χ3n) is 7.64. The molecule has 0 N–H and O–H groups in total. The molecule has 8 heteroatoms. The highest BCUT2D eigenvalue weighted by atomic mass is 28.3. The first-order valence-electron chi connectivity index (χ1n) is 12.6. The van der Waals surface area contributed by atoms with E-state index >= 15 is 0 Å². The lowest BCUT2D eigenvalue weighted by Gasteiger charge is -2.44. The molecule has 1 aromatic carbocycles. The van der Waals surface area contributed by atoms with Crippen LogP contribution in [0.3, 0.4) is 0 Å². The van der Waals surface area contributed by atoms with Gasteiger partial charge in [-0.15, -0.1) is 0 Å². The fraction of sp³-hybridized carbons (Fsp3) is 0.607. The number of aryl methyl sites for hydroxylation is 1. The first kappa shape index (κ1) is 28.0. The zero-order valence-electron chi connectivity index (χ0n) is 23.0. The fourth-order valence-electron chi connectivity index (χ4n) is 5.92. The Balaban J connectivity index is 2.23. The highest BCUT2D eigenvalue weighted by Gasteiger charge is 2.69. The molecule has 5 unspecified atom stereocenters. The van der Waals surface area contributed by atoms with Crippen LogP contribution in [0.2, 0.25) is 25.7 Å². The maximum Gasteiger partial charge on any atom is 0.320 e. The molecule has 0 aliphatic heterocycles. The number of benzene rings is 1. The van der Waals surface area contributed by atoms with Crippen molar-refractivity contribution in [3.05, 3.63) is 40.5 Å². The van der Waals surface area contributed by atoms with Gasteiger partial charge >= 0.3 is 17.9 Å². The molecule has 7 nitrogen and oxygen atoms in total. The van der Waals surface area contributed by atoms with Crippen LogP contribution in [0.1, 0.15) is 51.2 Å². The number of fused-ring (bicyclic) bond motifs is 2. The number of carbonyl (C=O) groups is 3. The van der Waals surface area contributed by atoms with Crippen LogP contribution in [-0.4, -0.2) is 51.9 Å². The van der Waals surface area contributed by atoms with Crippen molar-refractivity contribution in [3.63, 3.8) is 0 Å². The van der Waals surface area contributed by atoms with E-state index < -0.39 is 43.6 Å². The largest absolute Gasteiger partial charge is 0.497 e. The van der Waals surface area contributed by atoms with Gasteiger partial charge in [-0.2, -0.15) is 0 Å². The van der Waals surface area contributed by atoms with Crippen molar-refractivity contribution in [1.29, 1.82) is 0 Å². The number of ether oxygens (including phenoxy) is 4. The highest BCUT2D eigenvalue weighted by Crippen LogP contribution is 2.63. The summed E-state index contributed by atoms with van der Waals surface area (Å²) in [5.74, 6) is -1.34. The number of hydrogen-bond acceptors (Lipinski definition) is 7. The molecule has 0 aromatic heterocycles. The summed E-state index contributed by atoms with van der Waals surface area (Å²) in [6, 6.07) is 6.74. The molecule has 2 bridgehead atoms. The van der Waals surface area contributed by atoms with E-state index in [0.717, 1.165) is 28.3 Å². The summed E-state index contributed by atoms with van der Waals surface area (Å²) < 4.78 is 23.2. The average molecular weight is 517 g/mol. The molecular weight excluding hydrogens is 476 g/mol. The van der Waals surface area contributed by atoms with Crippen LogP contribution in [-0.2, 0) is 28.6 Å². The summed E-state index contributed by atoms with van der Waals surface area (Å²) >= 11 is 0.